The van der Waals surface area contributed by atoms with Crippen LogP contribution in [0.25, 0.3) is 0 Å². The number of nitrogens with zero attached hydrogens (tertiary/aromatic N) is 1. The van der Waals surface area contributed by atoms with Crippen LogP contribution in [0.1, 0.15) is 88.5 Å². The zero-order valence-electron chi connectivity index (χ0n) is 34.9. The van der Waals surface area contributed by atoms with Crippen molar-refractivity contribution in [2.24, 2.45) is 5.73 Å². The van der Waals surface area contributed by atoms with Crippen LogP contribution >= 0.6 is 0 Å². The normalized spacial score (nSPS) is 33.7. The molecule has 336 valence electrons. The van der Waals surface area contributed by atoms with E-state index >= 15 is 0 Å². The Hall–Kier alpha value is -3.25. The number of amides is 4. The maximum atomic E-state index is 13.4. The Bertz CT molecular complexity index is 1440. The van der Waals surface area contributed by atoms with Crippen molar-refractivity contribution >= 4 is 24.2 Å². The van der Waals surface area contributed by atoms with Gasteiger partial charge >= 0.3 is 30.4 Å². The van der Waals surface area contributed by atoms with E-state index in [1.165, 1.54) is 0 Å². The minimum atomic E-state index is -5.34. The minimum absolute atomic E-state index is 0.0511. The molecular formula is C36H62F3N5O14. The highest BCUT2D eigenvalue weighted by atomic mass is 19.4. The molecule has 2 saturated heterocycles. The van der Waals surface area contributed by atoms with Gasteiger partial charge in [0.25, 0.3) is 0 Å². The molecule has 1 saturated carbocycles. The summed E-state index contributed by atoms with van der Waals surface area (Å²) in [5, 5.41) is 42.0. The summed E-state index contributed by atoms with van der Waals surface area (Å²) in [7, 11) is 0.751. The fourth-order valence-electron chi connectivity index (χ4n) is 6.79. The summed E-state index contributed by atoms with van der Waals surface area (Å²) in [5.41, 5.74) is 1.67. The molecule has 0 spiro atoms. The molecule has 1 aliphatic carbocycles. The highest BCUT2D eigenvalue weighted by molar-refractivity contribution is 5.82. The van der Waals surface area contributed by atoms with Gasteiger partial charge in [0.15, 0.2) is 12.6 Å². The lowest BCUT2D eigenvalue weighted by atomic mass is 9.83. The van der Waals surface area contributed by atoms with Crippen molar-refractivity contribution in [3.05, 3.63) is 0 Å². The number of aliphatic hydroxyl groups is 3. The number of rotatable bonds is 9. The number of hydrogen-bond acceptors (Lipinski definition) is 15. The van der Waals surface area contributed by atoms with Gasteiger partial charge in [-0.15, -0.1) is 0 Å². The van der Waals surface area contributed by atoms with Crippen molar-refractivity contribution in [1.29, 1.82) is 0 Å². The van der Waals surface area contributed by atoms with Gasteiger partial charge < -0.3 is 75.1 Å². The molecule has 2 heterocycles. The molecule has 2 aliphatic heterocycles. The summed E-state index contributed by atoms with van der Waals surface area (Å²) in [5.74, 6) is -2.35. The van der Waals surface area contributed by atoms with E-state index in [2.05, 4.69) is 16.0 Å². The molecule has 58 heavy (non-hydrogen) atoms. The molecule has 3 rings (SSSR count). The molecule has 22 heteroatoms. The molecule has 3 aliphatic rings. The quantitative estimate of drug-likeness (QED) is 0.162. The molecule has 12 atom stereocenters. The van der Waals surface area contributed by atoms with Gasteiger partial charge in [-0.25, -0.2) is 14.4 Å². The van der Waals surface area contributed by atoms with Crippen LogP contribution in [0.15, 0.2) is 0 Å². The second kappa shape index (κ2) is 18.6. The molecule has 19 nitrogen and oxygen atoms in total. The first kappa shape index (κ1) is 49.1. The Balaban J connectivity index is 1.96. The maximum absolute atomic E-state index is 13.4. The summed E-state index contributed by atoms with van der Waals surface area (Å²) in [4.78, 5) is 50.7. The fraction of sp³-hybridized carbons (Fsp3) is 0.889. The average Bonchev–Trinajstić information content (AvgIpc) is 3.02. The average molecular weight is 846 g/mol. The van der Waals surface area contributed by atoms with Gasteiger partial charge in [0.05, 0.1) is 30.8 Å². The number of likely N-dealkylation sites (N-methyl/N-ethyl adjacent to an activating group) is 1. The third-order valence-electron chi connectivity index (χ3n) is 9.09. The molecule has 4 amide bonds. The van der Waals surface area contributed by atoms with Gasteiger partial charge in [-0.3, -0.25) is 4.79 Å². The van der Waals surface area contributed by atoms with Crippen LogP contribution in [0, 0.1) is 0 Å². The van der Waals surface area contributed by atoms with Crippen LogP contribution in [-0.2, 0) is 38.0 Å². The van der Waals surface area contributed by atoms with Crippen molar-refractivity contribution in [3.8, 4) is 0 Å². The van der Waals surface area contributed by atoms with Gasteiger partial charge in [0.1, 0.15) is 46.8 Å². The predicted molar refractivity (Wildman–Crippen MR) is 196 cm³/mol. The Morgan fingerprint density at radius 1 is 0.793 bits per heavy atom. The lowest BCUT2D eigenvalue weighted by Crippen LogP contribution is -2.70. The molecule has 0 aromatic carbocycles. The number of hydrogen-bond donors (Lipinski definition) is 7. The minimum Gasteiger partial charge on any atom is -0.444 e. The smallest absolute Gasteiger partial charge is 0.444 e. The number of nitrogens with two attached hydrogens (primary N) is 1. The zero-order chi connectivity index (χ0) is 44.3. The van der Waals surface area contributed by atoms with E-state index in [4.69, 9.17) is 38.9 Å². The lowest BCUT2D eigenvalue weighted by Gasteiger charge is -2.50. The van der Waals surface area contributed by atoms with Crippen molar-refractivity contribution in [2.45, 2.75) is 184 Å². The Morgan fingerprint density at radius 3 is 1.81 bits per heavy atom. The predicted octanol–water partition coefficient (Wildman–Crippen LogP) is 1.52. The van der Waals surface area contributed by atoms with E-state index in [1.54, 1.807) is 62.3 Å². The monoisotopic (exact) mass is 845 g/mol. The maximum Gasteiger partial charge on any atom is 0.471 e. The summed E-state index contributed by atoms with van der Waals surface area (Å²) >= 11 is 0. The van der Waals surface area contributed by atoms with Gasteiger partial charge in [0.2, 0.25) is 0 Å². The van der Waals surface area contributed by atoms with Crippen LogP contribution in [-0.4, -0.2) is 160 Å². The van der Waals surface area contributed by atoms with Crippen LogP contribution in [0.5, 0.6) is 0 Å². The molecule has 12 unspecified atom stereocenters. The number of carbonyl (C=O) groups excluding carboxylic acids is 4. The number of ether oxygens (including phenoxy) is 7. The molecule has 3 fully saturated rings. The van der Waals surface area contributed by atoms with E-state index in [1.807, 2.05) is 0 Å². The van der Waals surface area contributed by atoms with E-state index in [9.17, 15) is 47.7 Å². The van der Waals surface area contributed by atoms with Crippen molar-refractivity contribution < 1.29 is 80.8 Å². The standard InChI is InChI=1S/C36H62F3N5O14/c1-32(2,3)56-29(48)41-15-17-12-13-19(42-30(49)57-33(4,5)6)26(53-17)55-24-20(43-31(50)58-34(7,8)9)14-18(40)23(21(24)45)54-27-22(46)25(35(10,51)16-52-27)44(11)28(47)36(37,38)39/h17-27,45-46,51H,12-16,40H2,1-11H3,(H,41,48)(H,42,49)(H,43,50). The first-order chi connectivity index (χ1) is 26.3. The molecular weight excluding hydrogens is 783 g/mol. The van der Waals surface area contributed by atoms with Gasteiger partial charge in [0, 0.05) is 19.6 Å². The first-order valence-corrected chi connectivity index (χ1v) is 19.0. The third kappa shape index (κ3) is 14.2. The Labute approximate surface area is 336 Å². The number of halogens is 3. The zero-order valence-corrected chi connectivity index (χ0v) is 34.9. The van der Waals surface area contributed by atoms with Gasteiger partial charge in [-0.1, -0.05) is 0 Å². The highest BCUT2D eigenvalue weighted by Gasteiger charge is 2.56. The number of alkyl halides is 3. The second-order valence-corrected chi connectivity index (χ2v) is 18.1. The summed E-state index contributed by atoms with van der Waals surface area (Å²) in [6.45, 7) is 15.2. The van der Waals surface area contributed by atoms with E-state index in [0.29, 0.717) is 6.42 Å². The highest BCUT2D eigenvalue weighted by Crippen LogP contribution is 2.35. The van der Waals surface area contributed by atoms with Crippen molar-refractivity contribution in [2.75, 3.05) is 20.2 Å². The van der Waals surface area contributed by atoms with Crippen molar-refractivity contribution in [3.63, 3.8) is 0 Å². The van der Waals surface area contributed by atoms with Crippen molar-refractivity contribution in [1.82, 2.24) is 20.9 Å². The first-order valence-electron chi connectivity index (χ1n) is 19.0. The van der Waals surface area contributed by atoms with Crippen LogP contribution < -0.4 is 21.7 Å². The van der Waals surface area contributed by atoms with E-state index < -0.39 is 127 Å². The van der Waals surface area contributed by atoms with Crippen LogP contribution in [0.2, 0.25) is 0 Å². The second-order valence-electron chi connectivity index (χ2n) is 18.1. The van der Waals surface area contributed by atoms with Crippen LogP contribution in [0.3, 0.4) is 0 Å². The van der Waals surface area contributed by atoms with Gasteiger partial charge in [-0.05, 0) is 88.5 Å². The van der Waals surface area contributed by atoms with Gasteiger partial charge in [-0.2, -0.15) is 13.2 Å². The number of aliphatic hydroxyl groups excluding tert-OH is 2. The topological polar surface area (TPSA) is 259 Å². The molecule has 0 aromatic heterocycles. The molecule has 0 aromatic rings. The summed E-state index contributed by atoms with van der Waals surface area (Å²) < 4.78 is 80.5. The summed E-state index contributed by atoms with van der Waals surface area (Å²) in [6, 6.07) is -5.13. The number of nitrogens with one attached hydrogen (secondary N) is 3. The summed E-state index contributed by atoms with van der Waals surface area (Å²) in [6.07, 6.45) is -18.3. The SMILES string of the molecule is CN(C(=O)C(F)(F)F)C1C(O)C(OC2C(N)CC(NC(=O)OC(C)(C)C)C(OC3OC(CNC(=O)OC(C)(C)C)CCC3NC(=O)OC(C)(C)C)C2O)OCC1(C)O. The third-order valence-corrected chi connectivity index (χ3v) is 9.09. The van der Waals surface area contributed by atoms with E-state index in [0.717, 1.165) is 14.0 Å². The van der Waals surface area contributed by atoms with Crippen LogP contribution in [0.4, 0.5) is 27.6 Å². The fourth-order valence-corrected chi connectivity index (χ4v) is 6.79. The Morgan fingerprint density at radius 2 is 1.29 bits per heavy atom. The molecule has 0 bridgehead atoms. The number of alkyl carbamates (subject to hydrolysis) is 3. The van der Waals surface area contributed by atoms with E-state index in [-0.39, 0.29) is 24.3 Å². The largest absolute Gasteiger partial charge is 0.471 e. The molecule has 8 N–H and O–H groups in total. The number of carbonyl (C=O) groups is 4. The molecule has 0 radical (unpaired) electrons. The lowest BCUT2D eigenvalue weighted by molar-refractivity contribution is -0.315. The Kier molecular flexibility index (Phi) is 15.7.